The summed E-state index contributed by atoms with van der Waals surface area (Å²) >= 11 is 0. The Hall–Kier alpha value is -1.32. The number of hydrogen-bond donors (Lipinski definition) is 1. The summed E-state index contributed by atoms with van der Waals surface area (Å²) < 4.78 is 0. The Kier molecular flexibility index (Phi) is 1.21. The van der Waals surface area contributed by atoms with E-state index in [9.17, 15) is 4.79 Å². The van der Waals surface area contributed by atoms with E-state index in [1.165, 1.54) is 6.20 Å². The second-order valence-corrected chi connectivity index (χ2v) is 2.46. The SMILES string of the molecule is [B]c1cnc2c(c1)CNC2=O. The quantitative estimate of drug-likeness (QED) is 0.480. The van der Waals surface area contributed by atoms with E-state index in [1.54, 1.807) is 6.07 Å². The van der Waals surface area contributed by atoms with Gasteiger partial charge in [-0.1, -0.05) is 11.5 Å². The van der Waals surface area contributed by atoms with Gasteiger partial charge in [-0.3, -0.25) is 9.78 Å². The fraction of sp³-hybridized carbons (Fsp3) is 0.143. The van der Waals surface area contributed by atoms with Crippen LogP contribution in [0.5, 0.6) is 0 Å². The van der Waals surface area contributed by atoms with Gasteiger partial charge in [0.15, 0.2) is 0 Å². The van der Waals surface area contributed by atoms with Gasteiger partial charge in [-0.05, 0) is 0 Å². The zero-order valence-corrected chi connectivity index (χ0v) is 5.79. The van der Waals surface area contributed by atoms with Crippen LogP contribution in [0.25, 0.3) is 0 Å². The maximum Gasteiger partial charge on any atom is 0.270 e. The monoisotopic (exact) mass is 144 g/mol. The fourth-order valence-electron chi connectivity index (χ4n) is 1.13. The van der Waals surface area contributed by atoms with Gasteiger partial charge in [0.1, 0.15) is 13.5 Å². The summed E-state index contributed by atoms with van der Waals surface area (Å²) in [5.74, 6) is -0.111. The molecule has 0 spiro atoms. The summed E-state index contributed by atoms with van der Waals surface area (Å²) in [5.41, 5.74) is 1.98. The summed E-state index contributed by atoms with van der Waals surface area (Å²) in [6, 6.07) is 1.76. The Morgan fingerprint density at radius 1 is 1.64 bits per heavy atom. The van der Waals surface area contributed by atoms with Crippen LogP contribution in [0.4, 0.5) is 0 Å². The molecule has 0 aliphatic carbocycles. The molecule has 1 amide bonds. The lowest BCUT2D eigenvalue weighted by atomic mass is 9.96. The van der Waals surface area contributed by atoms with Crippen molar-refractivity contribution in [1.82, 2.24) is 10.3 Å². The molecule has 2 rings (SSSR count). The fourth-order valence-corrected chi connectivity index (χ4v) is 1.13. The Bertz CT molecular complexity index is 324. The van der Waals surface area contributed by atoms with Crippen molar-refractivity contribution in [2.75, 3.05) is 0 Å². The van der Waals surface area contributed by atoms with Crippen molar-refractivity contribution in [2.24, 2.45) is 0 Å². The molecule has 0 aromatic carbocycles. The highest BCUT2D eigenvalue weighted by Gasteiger charge is 2.19. The average molecular weight is 144 g/mol. The highest BCUT2D eigenvalue weighted by molar-refractivity contribution is 6.32. The van der Waals surface area contributed by atoms with Crippen LogP contribution in [-0.4, -0.2) is 18.7 Å². The van der Waals surface area contributed by atoms with Gasteiger partial charge in [-0.15, -0.1) is 0 Å². The van der Waals surface area contributed by atoms with Crippen LogP contribution in [-0.2, 0) is 6.54 Å². The first-order valence-electron chi connectivity index (χ1n) is 3.30. The van der Waals surface area contributed by atoms with Gasteiger partial charge in [0.25, 0.3) is 5.91 Å². The Balaban J connectivity index is 2.59. The number of pyridine rings is 1. The van der Waals surface area contributed by atoms with E-state index in [-0.39, 0.29) is 5.91 Å². The van der Waals surface area contributed by atoms with Crippen molar-refractivity contribution >= 4 is 19.2 Å². The molecule has 1 aliphatic heterocycles. The molecule has 1 N–H and O–H groups in total. The van der Waals surface area contributed by atoms with Crippen LogP contribution in [0, 0.1) is 0 Å². The molecule has 2 heterocycles. The molecule has 52 valence electrons. The maximum atomic E-state index is 11.0. The standard InChI is InChI=1S/C7H5BN2O/c8-5-1-4-2-10-7(11)6(4)9-3-5/h1,3H,2H2,(H,10,11). The van der Waals surface area contributed by atoms with Crippen molar-refractivity contribution in [1.29, 1.82) is 0 Å². The molecule has 11 heavy (non-hydrogen) atoms. The normalized spacial score (nSPS) is 14.4. The summed E-state index contributed by atoms with van der Waals surface area (Å²) in [6.07, 6.45) is 1.49. The molecule has 0 saturated carbocycles. The van der Waals surface area contributed by atoms with Gasteiger partial charge in [-0.2, -0.15) is 0 Å². The zero-order valence-electron chi connectivity index (χ0n) is 5.79. The largest absolute Gasteiger partial charge is 0.347 e. The first kappa shape index (κ1) is 6.40. The zero-order chi connectivity index (χ0) is 7.84. The van der Waals surface area contributed by atoms with E-state index in [0.717, 1.165) is 5.56 Å². The molecular weight excluding hydrogens is 139 g/mol. The third-order valence-corrected chi connectivity index (χ3v) is 1.64. The number of rotatable bonds is 0. The van der Waals surface area contributed by atoms with Crippen LogP contribution >= 0.6 is 0 Å². The van der Waals surface area contributed by atoms with Crippen molar-refractivity contribution in [3.63, 3.8) is 0 Å². The molecule has 4 heteroatoms. The highest BCUT2D eigenvalue weighted by atomic mass is 16.2. The van der Waals surface area contributed by atoms with Crippen molar-refractivity contribution in [2.45, 2.75) is 6.54 Å². The van der Waals surface area contributed by atoms with E-state index >= 15 is 0 Å². The van der Waals surface area contributed by atoms with E-state index in [0.29, 0.717) is 17.7 Å². The summed E-state index contributed by atoms with van der Waals surface area (Å²) in [7, 11) is 5.47. The molecule has 0 bridgehead atoms. The predicted octanol–water partition coefficient (Wildman–Crippen LogP) is -0.881. The number of nitrogens with zero attached hydrogens (tertiary/aromatic N) is 1. The van der Waals surface area contributed by atoms with Gasteiger partial charge in [0.2, 0.25) is 0 Å². The first-order chi connectivity index (χ1) is 5.27. The number of fused-ring (bicyclic) bond motifs is 1. The van der Waals surface area contributed by atoms with Crippen molar-refractivity contribution < 1.29 is 4.79 Å². The smallest absolute Gasteiger partial charge is 0.270 e. The number of carbonyl (C=O) groups excluding carboxylic acids is 1. The average Bonchev–Trinajstić information content (AvgIpc) is 2.32. The maximum absolute atomic E-state index is 11.0. The molecule has 0 unspecified atom stereocenters. The van der Waals surface area contributed by atoms with Crippen LogP contribution in [0.15, 0.2) is 12.3 Å². The summed E-state index contributed by atoms with van der Waals surface area (Å²) in [5, 5.41) is 2.66. The lowest BCUT2D eigenvalue weighted by Crippen LogP contribution is -2.13. The van der Waals surface area contributed by atoms with Crippen LogP contribution in [0.3, 0.4) is 0 Å². The molecule has 3 nitrogen and oxygen atoms in total. The van der Waals surface area contributed by atoms with Gasteiger partial charge < -0.3 is 5.32 Å². The second-order valence-electron chi connectivity index (χ2n) is 2.46. The molecular formula is C7H5BN2O. The molecule has 1 aliphatic rings. The predicted molar refractivity (Wildman–Crippen MR) is 40.8 cm³/mol. The van der Waals surface area contributed by atoms with E-state index in [4.69, 9.17) is 7.85 Å². The van der Waals surface area contributed by atoms with Crippen molar-refractivity contribution in [3.8, 4) is 0 Å². The number of aromatic nitrogens is 1. The number of carbonyl (C=O) groups is 1. The van der Waals surface area contributed by atoms with E-state index < -0.39 is 0 Å². The minimum atomic E-state index is -0.111. The lowest BCUT2D eigenvalue weighted by Gasteiger charge is -1.94. The molecule has 0 atom stereocenters. The second kappa shape index (κ2) is 2.08. The van der Waals surface area contributed by atoms with Gasteiger partial charge in [0.05, 0.1) is 0 Å². The lowest BCUT2D eigenvalue weighted by molar-refractivity contribution is 0.0961. The van der Waals surface area contributed by atoms with Gasteiger partial charge in [-0.25, -0.2) is 0 Å². The number of amides is 1. The highest BCUT2D eigenvalue weighted by Crippen LogP contribution is 2.09. The molecule has 2 radical (unpaired) electrons. The topological polar surface area (TPSA) is 42.0 Å². The third-order valence-electron chi connectivity index (χ3n) is 1.64. The Morgan fingerprint density at radius 3 is 3.27 bits per heavy atom. The Labute approximate surface area is 65.2 Å². The summed E-state index contributed by atoms with van der Waals surface area (Å²) in [6.45, 7) is 0.548. The summed E-state index contributed by atoms with van der Waals surface area (Å²) in [4.78, 5) is 14.9. The minimum absolute atomic E-state index is 0.111. The number of nitrogens with one attached hydrogen (secondary N) is 1. The van der Waals surface area contributed by atoms with Gasteiger partial charge >= 0.3 is 0 Å². The van der Waals surface area contributed by atoms with Crippen LogP contribution in [0.2, 0.25) is 0 Å². The number of hydrogen-bond acceptors (Lipinski definition) is 2. The molecule has 0 fully saturated rings. The third kappa shape index (κ3) is 0.907. The first-order valence-corrected chi connectivity index (χ1v) is 3.30. The Morgan fingerprint density at radius 2 is 2.45 bits per heavy atom. The van der Waals surface area contributed by atoms with Crippen LogP contribution in [0.1, 0.15) is 16.1 Å². The minimum Gasteiger partial charge on any atom is -0.347 e. The molecule has 1 aromatic heterocycles. The van der Waals surface area contributed by atoms with E-state index in [1.807, 2.05) is 0 Å². The molecule has 0 saturated heterocycles. The van der Waals surface area contributed by atoms with E-state index in [2.05, 4.69) is 10.3 Å². The van der Waals surface area contributed by atoms with Crippen LogP contribution < -0.4 is 10.8 Å². The molecule has 1 aromatic rings. The van der Waals surface area contributed by atoms with Crippen molar-refractivity contribution in [3.05, 3.63) is 23.5 Å². The van der Waals surface area contributed by atoms with Gasteiger partial charge in [0, 0.05) is 18.3 Å².